The standard InChI is InChI=1S/C14H19N3OS/c1-8-6-17(7-9(2)18-8)14-12(10-3-4-10)13(16)11(5-15)19-14/h8-10H,3-4,6-7,16H2,1-2H3. The fourth-order valence-electron chi connectivity index (χ4n) is 2.87. The highest BCUT2D eigenvalue weighted by Crippen LogP contribution is 2.52. The van der Waals surface area contributed by atoms with Crippen molar-refractivity contribution >= 4 is 22.0 Å². The molecule has 1 aromatic rings. The van der Waals surface area contributed by atoms with Gasteiger partial charge in [-0.25, -0.2) is 0 Å². The smallest absolute Gasteiger partial charge is 0.130 e. The topological polar surface area (TPSA) is 62.3 Å². The van der Waals surface area contributed by atoms with Gasteiger partial charge in [0.25, 0.3) is 0 Å². The third kappa shape index (κ3) is 2.31. The average Bonchev–Trinajstić information content (AvgIpc) is 3.12. The zero-order chi connectivity index (χ0) is 13.6. The number of hydrogen-bond donors (Lipinski definition) is 1. The maximum atomic E-state index is 9.20. The third-order valence-corrected chi connectivity index (χ3v) is 4.94. The molecule has 0 aromatic carbocycles. The summed E-state index contributed by atoms with van der Waals surface area (Å²) in [4.78, 5) is 3.03. The molecule has 4 nitrogen and oxygen atoms in total. The lowest BCUT2D eigenvalue weighted by atomic mass is 10.1. The maximum Gasteiger partial charge on any atom is 0.130 e. The minimum atomic E-state index is 0.227. The largest absolute Gasteiger partial charge is 0.397 e. The van der Waals surface area contributed by atoms with Gasteiger partial charge in [0, 0.05) is 18.7 Å². The molecule has 2 heterocycles. The van der Waals surface area contributed by atoms with E-state index < -0.39 is 0 Å². The Hall–Kier alpha value is -1.25. The number of ether oxygens (including phenoxy) is 1. The quantitative estimate of drug-likeness (QED) is 0.902. The number of nitrogen functional groups attached to an aromatic ring is 1. The first kappa shape index (κ1) is 12.8. The van der Waals surface area contributed by atoms with Crippen LogP contribution in [-0.2, 0) is 4.74 Å². The summed E-state index contributed by atoms with van der Waals surface area (Å²) in [5, 5.41) is 10.4. The lowest BCUT2D eigenvalue weighted by Gasteiger charge is -2.36. The van der Waals surface area contributed by atoms with E-state index in [0.717, 1.165) is 18.8 Å². The number of rotatable bonds is 2. The molecule has 3 rings (SSSR count). The van der Waals surface area contributed by atoms with Gasteiger partial charge in [-0.3, -0.25) is 0 Å². The van der Waals surface area contributed by atoms with E-state index in [1.165, 1.54) is 23.4 Å². The Morgan fingerprint density at radius 2 is 1.95 bits per heavy atom. The van der Waals surface area contributed by atoms with Gasteiger partial charge in [0.15, 0.2) is 0 Å². The van der Waals surface area contributed by atoms with E-state index in [1.54, 1.807) is 11.3 Å². The fourth-order valence-corrected chi connectivity index (χ4v) is 4.00. The summed E-state index contributed by atoms with van der Waals surface area (Å²) >= 11 is 1.55. The molecule has 1 aliphatic carbocycles. The molecule has 2 N–H and O–H groups in total. The highest BCUT2D eigenvalue weighted by Gasteiger charge is 2.35. The zero-order valence-electron chi connectivity index (χ0n) is 11.3. The van der Waals surface area contributed by atoms with Crippen LogP contribution in [0.15, 0.2) is 0 Å². The summed E-state index contributed by atoms with van der Waals surface area (Å²) < 4.78 is 5.78. The molecule has 1 saturated carbocycles. The highest BCUT2D eigenvalue weighted by atomic mass is 32.1. The number of hydrogen-bond acceptors (Lipinski definition) is 5. The monoisotopic (exact) mass is 277 g/mol. The van der Waals surface area contributed by atoms with Gasteiger partial charge in [0.05, 0.1) is 22.9 Å². The molecular weight excluding hydrogens is 258 g/mol. The molecule has 1 saturated heterocycles. The predicted octanol–water partition coefficient (Wildman–Crippen LogP) is 2.69. The summed E-state index contributed by atoms with van der Waals surface area (Å²) in [6.45, 7) is 5.97. The first-order valence-corrected chi connectivity index (χ1v) is 7.64. The number of nitrogens with zero attached hydrogens (tertiary/aromatic N) is 2. The Kier molecular flexibility index (Phi) is 3.15. The Labute approximate surface area is 117 Å². The molecule has 1 aliphatic heterocycles. The normalized spacial score (nSPS) is 27.3. The maximum absolute atomic E-state index is 9.20. The van der Waals surface area contributed by atoms with Crippen LogP contribution in [-0.4, -0.2) is 25.3 Å². The predicted molar refractivity (Wildman–Crippen MR) is 77.6 cm³/mol. The summed E-state index contributed by atoms with van der Waals surface area (Å²) in [5.74, 6) is 0.571. The van der Waals surface area contributed by atoms with Crippen LogP contribution in [0.1, 0.15) is 43.0 Å². The van der Waals surface area contributed by atoms with E-state index in [9.17, 15) is 5.26 Å². The fraction of sp³-hybridized carbons (Fsp3) is 0.643. The van der Waals surface area contributed by atoms with E-state index in [1.807, 2.05) is 0 Å². The van der Waals surface area contributed by atoms with Crippen molar-refractivity contribution in [3.8, 4) is 6.07 Å². The van der Waals surface area contributed by atoms with Gasteiger partial charge < -0.3 is 15.4 Å². The minimum absolute atomic E-state index is 0.227. The third-order valence-electron chi connectivity index (χ3n) is 3.76. The van der Waals surface area contributed by atoms with Crippen LogP contribution < -0.4 is 10.6 Å². The number of thiophene rings is 1. The van der Waals surface area contributed by atoms with E-state index >= 15 is 0 Å². The summed E-state index contributed by atoms with van der Waals surface area (Å²) in [7, 11) is 0. The number of nitrogens with two attached hydrogens (primary N) is 1. The van der Waals surface area contributed by atoms with E-state index in [4.69, 9.17) is 10.5 Å². The van der Waals surface area contributed by atoms with Crippen LogP contribution in [0.3, 0.4) is 0 Å². The summed E-state index contributed by atoms with van der Waals surface area (Å²) in [6, 6.07) is 2.24. The molecule has 19 heavy (non-hydrogen) atoms. The molecule has 5 heteroatoms. The molecule has 0 amide bonds. The SMILES string of the molecule is CC1CN(c2sc(C#N)c(N)c2C2CC2)CC(C)O1. The lowest BCUT2D eigenvalue weighted by Crippen LogP contribution is -2.45. The summed E-state index contributed by atoms with van der Waals surface area (Å²) in [5.41, 5.74) is 8.11. The Morgan fingerprint density at radius 3 is 2.47 bits per heavy atom. The van der Waals surface area contributed by atoms with E-state index in [0.29, 0.717) is 10.8 Å². The van der Waals surface area contributed by atoms with Crippen molar-refractivity contribution in [3.05, 3.63) is 10.4 Å². The van der Waals surface area contributed by atoms with E-state index in [-0.39, 0.29) is 12.2 Å². The van der Waals surface area contributed by atoms with Gasteiger partial charge in [0.2, 0.25) is 0 Å². The number of nitriles is 1. The van der Waals surface area contributed by atoms with Crippen LogP contribution in [0.4, 0.5) is 10.7 Å². The molecule has 0 radical (unpaired) electrons. The molecular formula is C14H19N3OS. The number of anilines is 2. The minimum Gasteiger partial charge on any atom is -0.397 e. The van der Waals surface area contributed by atoms with Crippen molar-refractivity contribution in [2.24, 2.45) is 0 Å². The van der Waals surface area contributed by atoms with Crippen LogP contribution >= 0.6 is 11.3 Å². The van der Waals surface area contributed by atoms with Crippen molar-refractivity contribution in [3.63, 3.8) is 0 Å². The van der Waals surface area contributed by atoms with Crippen LogP contribution in [0.25, 0.3) is 0 Å². The van der Waals surface area contributed by atoms with Crippen molar-refractivity contribution in [2.45, 2.75) is 44.8 Å². The molecule has 2 atom stereocenters. The molecule has 2 fully saturated rings. The van der Waals surface area contributed by atoms with Crippen molar-refractivity contribution in [1.82, 2.24) is 0 Å². The Balaban J connectivity index is 1.97. The van der Waals surface area contributed by atoms with Gasteiger partial charge in [-0.05, 0) is 32.6 Å². The molecule has 102 valence electrons. The average molecular weight is 277 g/mol. The van der Waals surface area contributed by atoms with Crippen molar-refractivity contribution in [1.29, 1.82) is 5.26 Å². The molecule has 2 aliphatic rings. The van der Waals surface area contributed by atoms with Crippen LogP contribution in [0.2, 0.25) is 0 Å². The Morgan fingerprint density at radius 1 is 1.32 bits per heavy atom. The van der Waals surface area contributed by atoms with E-state index in [2.05, 4.69) is 24.8 Å². The van der Waals surface area contributed by atoms with Gasteiger partial charge in [-0.2, -0.15) is 5.26 Å². The second kappa shape index (κ2) is 4.69. The molecule has 1 aromatic heterocycles. The number of morpholine rings is 1. The zero-order valence-corrected chi connectivity index (χ0v) is 12.2. The molecule has 0 spiro atoms. The second-order valence-electron chi connectivity index (χ2n) is 5.61. The lowest BCUT2D eigenvalue weighted by molar-refractivity contribution is -0.00504. The first-order valence-electron chi connectivity index (χ1n) is 6.82. The summed E-state index contributed by atoms with van der Waals surface area (Å²) in [6.07, 6.45) is 2.86. The van der Waals surface area contributed by atoms with Crippen LogP contribution in [0.5, 0.6) is 0 Å². The van der Waals surface area contributed by atoms with Gasteiger partial charge in [-0.1, -0.05) is 0 Å². The highest BCUT2D eigenvalue weighted by molar-refractivity contribution is 7.17. The molecule has 2 unspecified atom stereocenters. The van der Waals surface area contributed by atoms with Crippen molar-refractivity contribution in [2.75, 3.05) is 23.7 Å². The van der Waals surface area contributed by atoms with Crippen LogP contribution in [0, 0.1) is 11.3 Å². The van der Waals surface area contributed by atoms with Gasteiger partial charge in [-0.15, -0.1) is 11.3 Å². The Bertz CT molecular complexity index is 520. The van der Waals surface area contributed by atoms with Crippen molar-refractivity contribution < 1.29 is 4.74 Å². The van der Waals surface area contributed by atoms with Gasteiger partial charge in [0.1, 0.15) is 10.9 Å². The first-order chi connectivity index (χ1) is 9.10. The molecule has 0 bridgehead atoms. The van der Waals surface area contributed by atoms with Gasteiger partial charge >= 0.3 is 0 Å². The second-order valence-corrected chi connectivity index (χ2v) is 6.61.